The van der Waals surface area contributed by atoms with E-state index in [1.165, 1.54) is 6.07 Å². The Bertz CT molecular complexity index is 1140. The Morgan fingerprint density at radius 1 is 1.26 bits per heavy atom. The van der Waals surface area contributed by atoms with Gasteiger partial charge in [-0.05, 0) is 42.5 Å². The first-order valence-electron chi connectivity index (χ1n) is 11.2. The van der Waals surface area contributed by atoms with E-state index in [0.29, 0.717) is 41.0 Å². The van der Waals surface area contributed by atoms with Crippen molar-refractivity contribution in [2.75, 3.05) is 13.2 Å². The number of aliphatic hydroxyl groups is 1. The molecule has 0 radical (unpaired) electrons. The maximum absolute atomic E-state index is 13.3. The van der Waals surface area contributed by atoms with E-state index in [-0.39, 0.29) is 61.7 Å². The summed E-state index contributed by atoms with van der Waals surface area (Å²) in [4.78, 5) is 30.3. The molecule has 190 valence electrons. The Morgan fingerprint density at radius 3 is 2.54 bits per heavy atom. The van der Waals surface area contributed by atoms with Gasteiger partial charge < -0.3 is 25.6 Å². The first kappa shape index (κ1) is 28.1. The number of ether oxygens (including phenoxy) is 1. The van der Waals surface area contributed by atoms with E-state index in [1.807, 2.05) is 26.8 Å². The van der Waals surface area contributed by atoms with Crippen molar-refractivity contribution >= 4 is 29.9 Å². The molecule has 1 aliphatic heterocycles. The predicted octanol–water partition coefficient (Wildman–Crippen LogP) is 2.98. The molecule has 1 aromatic heterocycles. The number of benzene rings is 1. The predicted molar refractivity (Wildman–Crippen MR) is 134 cm³/mol. The minimum Gasteiger partial charge on any atom is -0.504 e. The number of ketones is 1. The maximum atomic E-state index is 13.3. The summed E-state index contributed by atoms with van der Waals surface area (Å²) in [5.74, 6) is -0.375. The molecule has 10 heteroatoms. The molecule has 0 saturated heterocycles. The van der Waals surface area contributed by atoms with E-state index in [4.69, 9.17) is 15.9 Å². The molecule has 0 spiro atoms. The fourth-order valence-corrected chi connectivity index (χ4v) is 3.89. The lowest BCUT2D eigenvalue weighted by Crippen LogP contribution is -2.30. The largest absolute Gasteiger partial charge is 0.504 e. The van der Waals surface area contributed by atoms with E-state index in [0.717, 1.165) is 5.56 Å². The van der Waals surface area contributed by atoms with Crippen LogP contribution in [0.3, 0.4) is 0 Å². The average molecular weight is 505 g/mol. The lowest BCUT2D eigenvalue weighted by atomic mass is 9.84. The van der Waals surface area contributed by atoms with Crippen LogP contribution in [-0.2, 0) is 23.4 Å². The molecule has 0 saturated carbocycles. The Hall–Kier alpha value is -3.17. The third-order valence-electron chi connectivity index (χ3n) is 5.83. The molecule has 0 aliphatic carbocycles. The zero-order chi connectivity index (χ0) is 25.2. The minimum absolute atomic E-state index is 0. The summed E-state index contributed by atoms with van der Waals surface area (Å²) in [5.41, 5.74) is 8.30. The van der Waals surface area contributed by atoms with Crippen LogP contribution in [0.2, 0.25) is 0 Å². The van der Waals surface area contributed by atoms with E-state index in [1.54, 1.807) is 17.9 Å². The molecule has 1 aromatic carbocycles. The Balaban J connectivity index is 0.00000432. The van der Waals surface area contributed by atoms with Crippen LogP contribution in [0.5, 0.6) is 11.5 Å². The fourth-order valence-electron chi connectivity index (χ4n) is 3.89. The number of phenolic OH excluding ortho intramolecular Hbond substituents is 1. The van der Waals surface area contributed by atoms with Crippen LogP contribution in [0.1, 0.15) is 72.0 Å². The molecule has 2 heterocycles. The number of pyridine rings is 1. The number of fused-ring (bicyclic) bond motifs is 1. The number of nitrogens with one attached hydrogen (secondary N) is 1. The highest BCUT2D eigenvalue weighted by Crippen LogP contribution is 2.39. The van der Waals surface area contributed by atoms with Gasteiger partial charge in [-0.1, -0.05) is 20.8 Å². The molecule has 0 unspecified atom stereocenters. The Labute approximate surface area is 211 Å². The molecule has 1 amide bonds. The second-order valence-corrected chi connectivity index (χ2v) is 9.57. The fraction of sp³-hybridized carbons (Fsp3) is 0.440. The van der Waals surface area contributed by atoms with E-state index >= 15 is 0 Å². The van der Waals surface area contributed by atoms with Crippen molar-refractivity contribution in [2.24, 2.45) is 5.73 Å². The van der Waals surface area contributed by atoms with Gasteiger partial charge in [0, 0.05) is 35.3 Å². The third kappa shape index (κ3) is 6.29. The molecule has 2 aromatic rings. The summed E-state index contributed by atoms with van der Waals surface area (Å²) in [5, 5.41) is 28.7. The number of aryl methyl sites for hydroxylation is 1. The van der Waals surface area contributed by atoms with Gasteiger partial charge in [-0.25, -0.2) is 4.98 Å². The van der Waals surface area contributed by atoms with Crippen LogP contribution in [0.25, 0.3) is 0 Å². The smallest absolute Gasteiger partial charge is 0.217 e. The number of primary amides is 1. The number of halogens is 1. The third-order valence-corrected chi connectivity index (χ3v) is 5.83. The van der Waals surface area contributed by atoms with Crippen molar-refractivity contribution in [1.82, 2.24) is 9.88 Å². The highest BCUT2D eigenvalue weighted by molar-refractivity contribution is 6.04. The monoisotopic (exact) mass is 504 g/mol. The number of carbonyl (C=O) groups excluding carboxylic acids is 2. The zero-order valence-corrected chi connectivity index (χ0v) is 21.3. The quantitative estimate of drug-likeness (QED) is 0.303. The molecule has 9 nitrogen and oxygen atoms in total. The first-order valence-corrected chi connectivity index (χ1v) is 11.2. The number of aromatic hydroxyl groups is 1. The summed E-state index contributed by atoms with van der Waals surface area (Å²) in [7, 11) is 0. The lowest BCUT2D eigenvalue weighted by molar-refractivity contribution is -0.118. The number of hydrogen-bond acceptors (Lipinski definition) is 7. The van der Waals surface area contributed by atoms with Gasteiger partial charge in [0.2, 0.25) is 5.91 Å². The highest BCUT2D eigenvalue weighted by atomic mass is 35.5. The number of nitrogens with zero attached hydrogens (tertiary/aromatic N) is 2. The number of amidine groups is 1. The topological polar surface area (TPSA) is 150 Å². The summed E-state index contributed by atoms with van der Waals surface area (Å²) in [6.07, 6.45) is 0.553. The van der Waals surface area contributed by atoms with Crippen LogP contribution < -0.4 is 10.5 Å². The van der Waals surface area contributed by atoms with Gasteiger partial charge >= 0.3 is 0 Å². The molecule has 0 bridgehead atoms. The van der Waals surface area contributed by atoms with Crippen molar-refractivity contribution in [1.29, 1.82) is 5.41 Å². The maximum Gasteiger partial charge on any atom is 0.217 e. The van der Waals surface area contributed by atoms with Gasteiger partial charge in [0.25, 0.3) is 0 Å². The Morgan fingerprint density at radius 2 is 1.94 bits per heavy atom. The molecule has 35 heavy (non-hydrogen) atoms. The number of nitrogens with two attached hydrogens (primary N) is 1. The van der Waals surface area contributed by atoms with E-state index in [9.17, 15) is 19.8 Å². The van der Waals surface area contributed by atoms with Gasteiger partial charge in [-0.2, -0.15) is 0 Å². The normalized spacial score (nSPS) is 12.8. The lowest BCUT2D eigenvalue weighted by Gasteiger charge is -2.24. The second-order valence-electron chi connectivity index (χ2n) is 9.57. The van der Waals surface area contributed by atoms with E-state index in [2.05, 4.69) is 4.98 Å². The Kier molecular flexibility index (Phi) is 8.86. The van der Waals surface area contributed by atoms with E-state index < -0.39 is 11.3 Å². The number of Topliss-reactive ketones (excluding diaryl/α,β-unsaturated/α-hetero) is 1. The average Bonchev–Trinajstić information content (AvgIpc) is 3.04. The number of aliphatic hydroxyl groups excluding tert-OH is 1. The second kappa shape index (κ2) is 11.0. The van der Waals surface area contributed by atoms with Crippen LogP contribution in [0.15, 0.2) is 18.2 Å². The standard InChI is InChI=1S/C25H32N4O5.ClH/c1-14-17(13-30)8-16-11-29(24(27)22(16)28-14)12-19(31)15-9-18(25(2,3)4)23(33)20(10-15)34-7-5-6-21(26)32;/h8-10,27,30,33H,5-7,11-13H2,1-4H3,(H2,26,32);1H. The highest BCUT2D eigenvalue weighted by Gasteiger charge is 2.30. The molecule has 5 N–H and O–H groups in total. The number of aromatic nitrogens is 1. The SMILES string of the molecule is Cc1nc2c(cc1CO)CN(CC(=O)c1cc(OCCCC(N)=O)c(O)c(C(C)(C)C)c1)C2=N.Cl. The van der Waals surface area contributed by atoms with Crippen LogP contribution in [-0.4, -0.2) is 50.8 Å². The van der Waals surface area contributed by atoms with Crippen LogP contribution >= 0.6 is 12.4 Å². The van der Waals surface area contributed by atoms with Gasteiger partial charge in [0.15, 0.2) is 17.3 Å². The number of phenols is 1. The number of amides is 1. The van der Waals surface area contributed by atoms with Crippen molar-refractivity contribution < 1.29 is 24.5 Å². The van der Waals surface area contributed by atoms with Crippen LogP contribution in [0, 0.1) is 12.3 Å². The van der Waals surface area contributed by atoms with Crippen molar-refractivity contribution in [3.05, 3.63) is 51.8 Å². The molecule has 3 rings (SSSR count). The van der Waals surface area contributed by atoms with Crippen molar-refractivity contribution in [3.63, 3.8) is 0 Å². The summed E-state index contributed by atoms with van der Waals surface area (Å²) in [6, 6.07) is 4.98. The molecule has 0 fully saturated rings. The summed E-state index contributed by atoms with van der Waals surface area (Å²) < 4.78 is 5.69. The van der Waals surface area contributed by atoms with Gasteiger partial charge in [-0.3, -0.25) is 15.0 Å². The van der Waals surface area contributed by atoms with Gasteiger partial charge in [0.1, 0.15) is 11.5 Å². The summed E-state index contributed by atoms with van der Waals surface area (Å²) in [6.45, 7) is 7.89. The number of rotatable bonds is 9. The first-order chi connectivity index (χ1) is 15.9. The minimum atomic E-state index is -0.454. The van der Waals surface area contributed by atoms with Gasteiger partial charge in [0.05, 0.1) is 19.8 Å². The molecule has 0 atom stereocenters. The van der Waals surface area contributed by atoms with Crippen molar-refractivity contribution in [3.8, 4) is 11.5 Å². The molecular weight excluding hydrogens is 472 g/mol. The van der Waals surface area contributed by atoms with Crippen molar-refractivity contribution in [2.45, 2.75) is 59.1 Å². The zero-order valence-electron chi connectivity index (χ0n) is 20.5. The number of carbonyl (C=O) groups is 2. The molecular formula is C25H33ClN4O5. The van der Waals surface area contributed by atoms with Crippen LogP contribution in [0.4, 0.5) is 0 Å². The summed E-state index contributed by atoms with van der Waals surface area (Å²) >= 11 is 0. The molecule has 1 aliphatic rings. The number of hydrogen-bond donors (Lipinski definition) is 4. The van der Waals surface area contributed by atoms with Gasteiger partial charge in [-0.15, -0.1) is 12.4 Å².